The smallest absolute Gasteiger partial charge is 0.342 e. The molecule has 5 nitrogen and oxygen atoms in total. The van der Waals surface area contributed by atoms with E-state index in [0.29, 0.717) is 16.9 Å². The Morgan fingerprint density at radius 2 is 2.32 bits per heavy atom. The van der Waals surface area contributed by atoms with E-state index in [4.69, 9.17) is 15.2 Å². The highest BCUT2D eigenvalue weighted by Gasteiger charge is 2.37. The van der Waals surface area contributed by atoms with Crippen LogP contribution in [-0.4, -0.2) is 13.1 Å². The third kappa shape index (κ3) is 2.08. The van der Waals surface area contributed by atoms with Gasteiger partial charge in [-0.3, -0.25) is 0 Å². The molecule has 3 heterocycles. The molecule has 0 radical (unpaired) electrons. The van der Waals surface area contributed by atoms with Gasteiger partial charge in [-0.05, 0) is 29.3 Å². The number of hydrogen-bond donors (Lipinski definition) is 1. The summed E-state index contributed by atoms with van der Waals surface area (Å²) in [5, 5.41) is 13.3. The first-order valence-corrected chi connectivity index (χ1v) is 8.15. The monoisotopic (exact) mass is 332 g/mol. The lowest BCUT2D eigenvalue weighted by Crippen LogP contribution is -2.20. The van der Waals surface area contributed by atoms with Gasteiger partial charge >= 0.3 is 5.97 Å². The van der Waals surface area contributed by atoms with Gasteiger partial charge in [0.1, 0.15) is 17.2 Å². The van der Waals surface area contributed by atoms with Crippen LogP contribution in [0.5, 0.6) is 5.75 Å². The van der Waals surface area contributed by atoms with Gasteiger partial charge in [-0.1, -0.05) is 0 Å². The number of carbonyl (C=O) groups is 1. The van der Waals surface area contributed by atoms with Crippen molar-refractivity contribution in [2.75, 3.05) is 7.11 Å². The summed E-state index contributed by atoms with van der Waals surface area (Å²) in [5.41, 5.74) is 7.62. The van der Waals surface area contributed by atoms with E-state index in [1.165, 1.54) is 18.4 Å². The SMILES string of the molecule is COC(=O)c1c(C)sc2c1OC(N)=C(C#N)[C@@H]2c1ccsc1. The number of hydrogen-bond acceptors (Lipinski definition) is 7. The quantitative estimate of drug-likeness (QED) is 0.854. The summed E-state index contributed by atoms with van der Waals surface area (Å²) in [6.45, 7) is 1.82. The predicted molar refractivity (Wildman–Crippen MR) is 84.0 cm³/mol. The molecule has 0 saturated heterocycles. The van der Waals surface area contributed by atoms with E-state index in [-0.39, 0.29) is 11.8 Å². The van der Waals surface area contributed by atoms with Crippen molar-refractivity contribution >= 4 is 28.6 Å². The number of carbonyl (C=O) groups excluding carboxylic acids is 1. The summed E-state index contributed by atoms with van der Waals surface area (Å²) >= 11 is 2.97. The zero-order chi connectivity index (χ0) is 15.9. The molecule has 1 aliphatic rings. The van der Waals surface area contributed by atoms with Crippen LogP contribution in [0.1, 0.15) is 31.6 Å². The Labute approximate surface area is 135 Å². The molecule has 2 N–H and O–H groups in total. The van der Waals surface area contributed by atoms with Crippen LogP contribution in [0.4, 0.5) is 0 Å². The molecule has 7 heteroatoms. The number of methoxy groups -OCH3 is 1. The Hall–Kier alpha value is -2.30. The molecule has 0 bridgehead atoms. The largest absolute Gasteiger partial charge is 0.465 e. The number of fused-ring (bicyclic) bond motifs is 1. The fourth-order valence-corrected chi connectivity index (χ4v) is 4.39. The highest BCUT2D eigenvalue weighted by atomic mass is 32.1. The minimum absolute atomic E-state index is 0.0363. The Morgan fingerprint density at radius 1 is 1.55 bits per heavy atom. The molecular formula is C15H12N2O3S2. The van der Waals surface area contributed by atoms with Crippen LogP contribution in [0, 0.1) is 18.3 Å². The van der Waals surface area contributed by atoms with Crippen molar-refractivity contribution in [1.82, 2.24) is 0 Å². The van der Waals surface area contributed by atoms with Crippen molar-refractivity contribution in [3.8, 4) is 11.8 Å². The topological polar surface area (TPSA) is 85.3 Å². The summed E-state index contributed by atoms with van der Waals surface area (Å²) in [7, 11) is 1.32. The number of allylic oxidation sites excluding steroid dienone is 1. The molecule has 0 unspecified atom stereocenters. The number of nitrogens with two attached hydrogens (primary N) is 1. The molecule has 0 aliphatic carbocycles. The van der Waals surface area contributed by atoms with Crippen LogP contribution >= 0.6 is 22.7 Å². The molecule has 1 atom stereocenters. The first-order chi connectivity index (χ1) is 10.6. The molecule has 0 aromatic carbocycles. The third-order valence-corrected chi connectivity index (χ3v) is 5.33. The molecule has 0 saturated carbocycles. The fourth-order valence-electron chi connectivity index (χ4n) is 2.49. The second-order valence-corrected chi connectivity index (χ2v) is 6.74. The van der Waals surface area contributed by atoms with E-state index in [9.17, 15) is 10.1 Å². The number of rotatable bonds is 2. The second-order valence-electron chi connectivity index (χ2n) is 4.70. The van der Waals surface area contributed by atoms with Crippen molar-refractivity contribution in [3.05, 3.63) is 49.2 Å². The highest BCUT2D eigenvalue weighted by Crippen LogP contribution is 2.49. The van der Waals surface area contributed by atoms with Crippen LogP contribution in [0.15, 0.2) is 28.3 Å². The summed E-state index contributed by atoms with van der Waals surface area (Å²) in [6.07, 6.45) is 0. The second kappa shape index (κ2) is 5.48. The maximum absolute atomic E-state index is 12.0. The zero-order valence-electron chi connectivity index (χ0n) is 11.9. The molecular weight excluding hydrogens is 320 g/mol. The fraction of sp³-hybridized carbons (Fsp3) is 0.200. The van der Waals surface area contributed by atoms with Gasteiger partial charge in [0.15, 0.2) is 5.75 Å². The van der Waals surface area contributed by atoms with Crippen LogP contribution < -0.4 is 10.5 Å². The zero-order valence-corrected chi connectivity index (χ0v) is 13.5. The molecule has 2 aromatic heterocycles. The molecule has 3 rings (SSSR count). The Balaban J connectivity index is 2.24. The molecule has 0 spiro atoms. The lowest BCUT2D eigenvalue weighted by Gasteiger charge is -2.23. The van der Waals surface area contributed by atoms with Crippen molar-refractivity contribution in [2.45, 2.75) is 12.8 Å². The lowest BCUT2D eigenvalue weighted by molar-refractivity contribution is 0.0597. The predicted octanol–water partition coefficient (Wildman–Crippen LogP) is 3.12. The van der Waals surface area contributed by atoms with Crippen LogP contribution in [0.3, 0.4) is 0 Å². The van der Waals surface area contributed by atoms with E-state index < -0.39 is 5.97 Å². The van der Waals surface area contributed by atoms with Gasteiger partial charge in [0, 0.05) is 4.88 Å². The average molecular weight is 332 g/mol. The Kier molecular flexibility index (Phi) is 3.64. The van der Waals surface area contributed by atoms with E-state index in [1.807, 2.05) is 23.8 Å². The van der Waals surface area contributed by atoms with Crippen LogP contribution in [0.2, 0.25) is 0 Å². The van der Waals surface area contributed by atoms with E-state index >= 15 is 0 Å². The van der Waals surface area contributed by atoms with Gasteiger partial charge in [0.25, 0.3) is 0 Å². The minimum Gasteiger partial charge on any atom is -0.465 e. The van der Waals surface area contributed by atoms with Gasteiger partial charge < -0.3 is 15.2 Å². The van der Waals surface area contributed by atoms with Gasteiger partial charge in [-0.15, -0.1) is 11.3 Å². The normalized spacial score (nSPS) is 16.7. The standard InChI is InChI=1S/C15H12N2O3S2/c1-7-10(15(18)19-2)12-13(22-7)11(8-3-4-21-6-8)9(5-16)14(17)20-12/h3-4,6,11H,17H2,1-2H3/t11-/m0/s1. The summed E-state index contributed by atoms with van der Waals surface area (Å²) < 4.78 is 10.4. The van der Waals surface area contributed by atoms with Crippen molar-refractivity contribution in [2.24, 2.45) is 5.73 Å². The van der Waals surface area contributed by atoms with Crippen molar-refractivity contribution in [1.29, 1.82) is 5.26 Å². The van der Waals surface area contributed by atoms with Crippen molar-refractivity contribution in [3.63, 3.8) is 0 Å². The third-order valence-electron chi connectivity index (χ3n) is 3.48. The number of nitrogens with zero attached hydrogens (tertiary/aromatic N) is 1. The number of ether oxygens (including phenoxy) is 2. The molecule has 0 fully saturated rings. The van der Waals surface area contributed by atoms with Crippen LogP contribution in [0.25, 0.3) is 0 Å². The average Bonchev–Trinajstić information content (AvgIpc) is 3.12. The Bertz CT molecular complexity index is 813. The number of aryl methyl sites for hydroxylation is 1. The highest BCUT2D eigenvalue weighted by molar-refractivity contribution is 7.13. The van der Waals surface area contributed by atoms with Gasteiger partial charge in [-0.25, -0.2) is 4.79 Å². The van der Waals surface area contributed by atoms with Crippen molar-refractivity contribution < 1.29 is 14.3 Å². The Morgan fingerprint density at radius 3 is 2.91 bits per heavy atom. The summed E-state index contributed by atoms with van der Waals surface area (Å²) in [6, 6.07) is 4.08. The molecule has 2 aromatic rings. The molecule has 0 amide bonds. The van der Waals surface area contributed by atoms with Gasteiger partial charge in [0.2, 0.25) is 5.88 Å². The first kappa shape index (κ1) is 14.6. The molecule has 112 valence electrons. The van der Waals surface area contributed by atoms with E-state index in [2.05, 4.69) is 6.07 Å². The number of thiophene rings is 2. The van der Waals surface area contributed by atoms with E-state index in [0.717, 1.165) is 15.3 Å². The maximum Gasteiger partial charge on any atom is 0.342 e. The van der Waals surface area contributed by atoms with Crippen LogP contribution in [-0.2, 0) is 4.74 Å². The lowest BCUT2D eigenvalue weighted by atomic mass is 9.90. The molecule has 1 aliphatic heterocycles. The van der Waals surface area contributed by atoms with Gasteiger partial charge in [0.05, 0.1) is 17.9 Å². The number of esters is 1. The summed E-state index contributed by atoms with van der Waals surface area (Å²) in [5.74, 6) is -0.328. The summed E-state index contributed by atoms with van der Waals surface area (Å²) in [4.78, 5) is 13.6. The molecule has 22 heavy (non-hydrogen) atoms. The van der Waals surface area contributed by atoms with Gasteiger partial charge in [-0.2, -0.15) is 16.6 Å². The minimum atomic E-state index is -0.465. The van der Waals surface area contributed by atoms with E-state index in [1.54, 1.807) is 11.3 Å². The maximum atomic E-state index is 12.0. The number of nitriles is 1. The first-order valence-electron chi connectivity index (χ1n) is 6.39.